The van der Waals surface area contributed by atoms with Crippen molar-refractivity contribution >= 4 is 46.5 Å². The first-order valence-electron chi connectivity index (χ1n) is 6.62. The molecule has 0 aliphatic heterocycles. The molecule has 1 N–H and O–H groups in total. The van der Waals surface area contributed by atoms with E-state index in [2.05, 4.69) is 4.98 Å². The van der Waals surface area contributed by atoms with E-state index >= 15 is 0 Å². The van der Waals surface area contributed by atoms with Crippen LogP contribution in [0.3, 0.4) is 0 Å². The summed E-state index contributed by atoms with van der Waals surface area (Å²) in [4.78, 5) is 26.4. The zero-order valence-electron chi connectivity index (χ0n) is 11.7. The molecule has 7 heteroatoms. The third-order valence-corrected chi connectivity index (χ3v) is 4.11. The lowest BCUT2D eigenvalue weighted by Gasteiger charge is -2.07. The molecule has 2 aromatic carbocycles. The maximum Gasteiger partial charge on any atom is 0.323 e. The molecule has 0 radical (unpaired) electrons. The van der Waals surface area contributed by atoms with Crippen LogP contribution in [0.5, 0.6) is 0 Å². The van der Waals surface area contributed by atoms with Gasteiger partial charge in [-0.3, -0.25) is 9.59 Å². The summed E-state index contributed by atoms with van der Waals surface area (Å²) < 4.78 is 1.55. The van der Waals surface area contributed by atoms with Gasteiger partial charge in [0.05, 0.1) is 21.1 Å². The average Bonchev–Trinajstić information content (AvgIpc) is 2.85. The van der Waals surface area contributed by atoms with Crippen molar-refractivity contribution in [3.8, 4) is 11.4 Å². The van der Waals surface area contributed by atoms with E-state index in [1.165, 1.54) is 0 Å². The highest BCUT2D eigenvalue weighted by Crippen LogP contribution is 2.31. The molecule has 0 saturated carbocycles. The smallest absolute Gasteiger partial charge is 0.323 e. The number of aromatic nitrogens is 2. The van der Waals surface area contributed by atoms with Crippen LogP contribution in [0, 0.1) is 0 Å². The molecule has 3 rings (SSSR count). The van der Waals surface area contributed by atoms with Crippen LogP contribution >= 0.6 is 23.2 Å². The second-order valence-electron chi connectivity index (χ2n) is 4.91. The van der Waals surface area contributed by atoms with Gasteiger partial charge in [0.2, 0.25) is 0 Å². The molecule has 0 saturated heterocycles. The minimum Gasteiger partial charge on any atom is -0.480 e. The first kappa shape index (κ1) is 15.5. The third-order valence-electron chi connectivity index (χ3n) is 3.39. The van der Waals surface area contributed by atoms with E-state index in [-0.39, 0.29) is 6.54 Å². The lowest BCUT2D eigenvalue weighted by Crippen LogP contribution is -2.10. The number of imidazole rings is 1. The van der Waals surface area contributed by atoms with Gasteiger partial charge in [0.25, 0.3) is 0 Å². The lowest BCUT2D eigenvalue weighted by atomic mass is 10.1. The van der Waals surface area contributed by atoms with Crippen LogP contribution in [0.2, 0.25) is 10.0 Å². The molecule has 1 aromatic heterocycles. The molecule has 0 spiro atoms. The highest BCUT2D eigenvalue weighted by Gasteiger charge is 2.16. The maximum atomic E-state index is 11.2. The van der Waals surface area contributed by atoms with Gasteiger partial charge >= 0.3 is 5.97 Å². The van der Waals surface area contributed by atoms with E-state index in [9.17, 15) is 9.59 Å². The van der Waals surface area contributed by atoms with Gasteiger partial charge in [0.1, 0.15) is 18.7 Å². The molecule has 0 amide bonds. The molecule has 0 bridgehead atoms. The van der Waals surface area contributed by atoms with Gasteiger partial charge in [-0.25, -0.2) is 4.98 Å². The fraction of sp³-hybridized carbons (Fsp3) is 0.0625. The van der Waals surface area contributed by atoms with E-state index in [1.54, 1.807) is 41.0 Å². The zero-order valence-corrected chi connectivity index (χ0v) is 13.2. The van der Waals surface area contributed by atoms with Crippen molar-refractivity contribution < 1.29 is 14.7 Å². The lowest BCUT2D eigenvalue weighted by molar-refractivity contribution is -0.137. The number of carboxylic acids is 1. The molecule has 116 valence electrons. The number of nitrogens with zero attached hydrogens (tertiary/aromatic N) is 2. The Balaban J connectivity index is 2.24. The van der Waals surface area contributed by atoms with Gasteiger partial charge in [-0.1, -0.05) is 47.5 Å². The summed E-state index contributed by atoms with van der Waals surface area (Å²) in [6.07, 6.45) is 0.740. The van der Waals surface area contributed by atoms with Crippen LogP contribution in [0.25, 0.3) is 22.4 Å². The standard InChI is InChI=1S/C16H10Cl2N2O3/c17-11-5-13-14(6-12(11)18)20(7-15(22)23)16(19-13)10-3-1-9(8-21)2-4-10/h1-6,8H,7H2,(H,22,23). The van der Waals surface area contributed by atoms with Gasteiger partial charge in [0, 0.05) is 11.1 Å². The molecule has 3 aromatic rings. The minimum absolute atomic E-state index is 0.265. The Morgan fingerprint density at radius 2 is 1.83 bits per heavy atom. The fourth-order valence-corrected chi connectivity index (χ4v) is 2.66. The van der Waals surface area contributed by atoms with E-state index in [4.69, 9.17) is 28.3 Å². The third kappa shape index (κ3) is 2.93. The van der Waals surface area contributed by atoms with Crippen molar-refractivity contribution in [2.45, 2.75) is 6.54 Å². The number of rotatable bonds is 4. The number of fused-ring (bicyclic) bond motifs is 1. The van der Waals surface area contributed by atoms with Crippen LogP contribution in [0.15, 0.2) is 36.4 Å². The summed E-state index contributed by atoms with van der Waals surface area (Å²) >= 11 is 12.0. The summed E-state index contributed by atoms with van der Waals surface area (Å²) in [5.41, 5.74) is 2.35. The molecule has 0 unspecified atom stereocenters. The molecular formula is C16H10Cl2N2O3. The second-order valence-corrected chi connectivity index (χ2v) is 5.72. The van der Waals surface area contributed by atoms with Gasteiger partial charge < -0.3 is 9.67 Å². The Morgan fingerprint density at radius 1 is 1.17 bits per heavy atom. The zero-order chi connectivity index (χ0) is 16.6. The Kier molecular flexibility index (Phi) is 4.07. The van der Waals surface area contributed by atoms with Crippen molar-refractivity contribution in [3.05, 3.63) is 52.0 Å². The van der Waals surface area contributed by atoms with Gasteiger partial charge in [-0.15, -0.1) is 0 Å². The summed E-state index contributed by atoms with van der Waals surface area (Å²) in [7, 11) is 0. The number of aldehydes is 1. The molecule has 23 heavy (non-hydrogen) atoms. The van der Waals surface area contributed by atoms with Crippen molar-refractivity contribution in [1.29, 1.82) is 0 Å². The summed E-state index contributed by atoms with van der Waals surface area (Å²) in [6.45, 7) is -0.265. The number of carboxylic acid groups (broad SMARTS) is 1. The predicted molar refractivity (Wildman–Crippen MR) is 88.2 cm³/mol. The number of carbonyl (C=O) groups is 2. The van der Waals surface area contributed by atoms with Gasteiger partial charge in [0.15, 0.2) is 0 Å². The second kappa shape index (κ2) is 6.02. The molecule has 0 aliphatic rings. The van der Waals surface area contributed by atoms with E-state index < -0.39 is 5.97 Å². The summed E-state index contributed by atoms with van der Waals surface area (Å²) in [6, 6.07) is 9.91. The summed E-state index contributed by atoms with van der Waals surface area (Å²) in [5.74, 6) is -0.528. The van der Waals surface area contributed by atoms with E-state index in [0.29, 0.717) is 38.0 Å². The highest BCUT2D eigenvalue weighted by molar-refractivity contribution is 6.42. The van der Waals surface area contributed by atoms with Crippen molar-refractivity contribution in [1.82, 2.24) is 9.55 Å². The molecule has 0 aliphatic carbocycles. The number of hydrogen-bond acceptors (Lipinski definition) is 3. The normalized spacial score (nSPS) is 10.9. The molecule has 0 atom stereocenters. The van der Waals surface area contributed by atoms with Crippen LogP contribution in [0.1, 0.15) is 10.4 Å². The number of benzene rings is 2. The van der Waals surface area contributed by atoms with Gasteiger partial charge in [-0.2, -0.15) is 0 Å². The Bertz CT molecular complexity index is 917. The minimum atomic E-state index is -0.999. The first-order valence-corrected chi connectivity index (χ1v) is 7.38. The largest absolute Gasteiger partial charge is 0.480 e. The highest BCUT2D eigenvalue weighted by atomic mass is 35.5. The molecule has 0 fully saturated rings. The van der Waals surface area contributed by atoms with Crippen molar-refractivity contribution in [2.75, 3.05) is 0 Å². The SMILES string of the molecule is O=Cc1ccc(-c2nc3cc(Cl)c(Cl)cc3n2CC(=O)O)cc1. The topological polar surface area (TPSA) is 72.2 Å². The first-order chi connectivity index (χ1) is 11.0. The summed E-state index contributed by atoms with van der Waals surface area (Å²) in [5, 5.41) is 9.84. The predicted octanol–water partition coefficient (Wildman–Crippen LogP) is 3.91. The maximum absolute atomic E-state index is 11.2. The molecular weight excluding hydrogens is 339 g/mol. The van der Waals surface area contributed by atoms with E-state index in [1.807, 2.05) is 0 Å². The molecule has 1 heterocycles. The average molecular weight is 349 g/mol. The Labute approximate surface area is 141 Å². The van der Waals surface area contributed by atoms with Crippen molar-refractivity contribution in [3.63, 3.8) is 0 Å². The van der Waals surface area contributed by atoms with Crippen LogP contribution < -0.4 is 0 Å². The number of halogens is 2. The van der Waals surface area contributed by atoms with E-state index in [0.717, 1.165) is 6.29 Å². The van der Waals surface area contributed by atoms with Crippen LogP contribution in [-0.4, -0.2) is 26.9 Å². The number of hydrogen-bond donors (Lipinski definition) is 1. The Morgan fingerprint density at radius 3 is 2.43 bits per heavy atom. The fourth-order valence-electron chi connectivity index (χ4n) is 2.35. The van der Waals surface area contributed by atoms with Crippen molar-refractivity contribution in [2.24, 2.45) is 0 Å². The monoisotopic (exact) mass is 348 g/mol. The van der Waals surface area contributed by atoms with Crippen LogP contribution in [0.4, 0.5) is 0 Å². The molecule has 5 nitrogen and oxygen atoms in total. The van der Waals surface area contributed by atoms with Crippen LogP contribution in [-0.2, 0) is 11.3 Å². The Hall–Kier alpha value is -2.37. The number of carbonyl (C=O) groups excluding carboxylic acids is 1. The van der Waals surface area contributed by atoms with Gasteiger partial charge in [-0.05, 0) is 12.1 Å². The quantitative estimate of drug-likeness (QED) is 0.725. The number of aliphatic carboxylic acids is 1.